The van der Waals surface area contributed by atoms with E-state index < -0.39 is 22.5 Å². The van der Waals surface area contributed by atoms with Gasteiger partial charge >= 0.3 is 0 Å². The second-order valence-corrected chi connectivity index (χ2v) is 9.49. The van der Waals surface area contributed by atoms with Gasteiger partial charge in [-0.3, -0.25) is 9.10 Å². The summed E-state index contributed by atoms with van der Waals surface area (Å²) in [6, 6.07) is 19.8. The first-order chi connectivity index (χ1) is 16.3. The van der Waals surface area contributed by atoms with Crippen LogP contribution in [0.15, 0.2) is 95.4 Å². The van der Waals surface area contributed by atoms with E-state index in [4.69, 9.17) is 16.3 Å². The van der Waals surface area contributed by atoms with Crippen LogP contribution in [0.1, 0.15) is 11.1 Å². The molecule has 3 rings (SSSR count). The first-order valence-corrected chi connectivity index (χ1v) is 12.1. The number of carbonyl (C=O) groups is 1. The molecule has 0 saturated heterocycles. The molecule has 0 spiro atoms. The van der Waals surface area contributed by atoms with Crippen LogP contribution in [0, 0.1) is 6.92 Å². The molecule has 3 aromatic carbocycles. The molecule has 9 heteroatoms. The lowest BCUT2D eigenvalue weighted by atomic mass is 10.2. The van der Waals surface area contributed by atoms with Crippen LogP contribution in [-0.2, 0) is 14.8 Å². The Bertz CT molecular complexity index is 1280. The molecule has 1 amide bonds. The molecule has 0 aliphatic heterocycles. The fraction of sp³-hybridized carbons (Fsp3) is 0.120. The number of hydrogen-bond acceptors (Lipinski definition) is 5. The van der Waals surface area contributed by atoms with E-state index in [9.17, 15) is 13.2 Å². The van der Waals surface area contributed by atoms with Crippen LogP contribution in [0.25, 0.3) is 0 Å². The summed E-state index contributed by atoms with van der Waals surface area (Å²) in [5.74, 6) is 0.0676. The van der Waals surface area contributed by atoms with Crippen LogP contribution in [0.3, 0.4) is 0 Å². The molecular weight excluding hydrogens is 474 g/mol. The first-order valence-electron chi connectivity index (χ1n) is 10.3. The highest BCUT2D eigenvalue weighted by atomic mass is 35.5. The van der Waals surface area contributed by atoms with Gasteiger partial charge in [-0.2, -0.15) is 5.10 Å². The van der Waals surface area contributed by atoms with Gasteiger partial charge in [0.25, 0.3) is 15.9 Å². The Hall–Kier alpha value is -3.62. The van der Waals surface area contributed by atoms with E-state index in [1.165, 1.54) is 24.4 Å². The maximum atomic E-state index is 13.3. The van der Waals surface area contributed by atoms with Crippen LogP contribution >= 0.6 is 11.6 Å². The Morgan fingerprint density at radius 1 is 1.12 bits per heavy atom. The number of hydrazone groups is 1. The zero-order valence-corrected chi connectivity index (χ0v) is 20.1. The summed E-state index contributed by atoms with van der Waals surface area (Å²) in [6.45, 7) is 5.32. The third kappa shape index (κ3) is 6.46. The normalized spacial score (nSPS) is 11.2. The zero-order valence-electron chi connectivity index (χ0n) is 18.5. The molecule has 7 nitrogen and oxygen atoms in total. The van der Waals surface area contributed by atoms with Crippen LogP contribution in [0.5, 0.6) is 5.75 Å². The minimum atomic E-state index is -4.03. The van der Waals surface area contributed by atoms with Crippen molar-refractivity contribution in [3.63, 3.8) is 0 Å². The average Bonchev–Trinajstić information content (AvgIpc) is 2.84. The van der Waals surface area contributed by atoms with Crippen LogP contribution < -0.4 is 14.5 Å². The molecule has 0 atom stereocenters. The van der Waals surface area contributed by atoms with E-state index in [0.29, 0.717) is 17.4 Å². The van der Waals surface area contributed by atoms with Gasteiger partial charge in [-0.25, -0.2) is 13.8 Å². The Morgan fingerprint density at radius 3 is 2.47 bits per heavy atom. The number of hydrogen-bond donors (Lipinski definition) is 1. The highest BCUT2D eigenvalue weighted by molar-refractivity contribution is 7.92. The molecule has 0 radical (unpaired) electrons. The minimum Gasteiger partial charge on any atom is -0.490 e. The molecule has 0 unspecified atom stereocenters. The lowest BCUT2D eigenvalue weighted by Gasteiger charge is -2.24. The van der Waals surface area contributed by atoms with E-state index in [0.717, 1.165) is 15.4 Å². The van der Waals surface area contributed by atoms with Gasteiger partial charge in [-0.05, 0) is 66.6 Å². The molecule has 1 N–H and O–H groups in total. The van der Waals surface area contributed by atoms with Crippen molar-refractivity contribution in [2.24, 2.45) is 5.10 Å². The van der Waals surface area contributed by atoms with Crippen LogP contribution in [0.2, 0.25) is 5.02 Å². The predicted octanol–water partition coefficient (Wildman–Crippen LogP) is 4.56. The lowest BCUT2D eigenvalue weighted by molar-refractivity contribution is -0.119. The van der Waals surface area contributed by atoms with E-state index in [1.807, 2.05) is 6.92 Å². The summed E-state index contributed by atoms with van der Waals surface area (Å²) < 4.78 is 33.0. The van der Waals surface area contributed by atoms with Gasteiger partial charge in [-0.1, -0.05) is 48.5 Å². The van der Waals surface area contributed by atoms with Crippen LogP contribution in [0.4, 0.5) is 5.69 Å². The molecule has 0 saturated carbocycles. The fourth-order valence-electron chi connectivity index (χ4n) is 2.92. The lowest BCUT2D eigenvalue weighted by Crippen LogP contribution is -2.39. The van der Waals surface area contributed by atoms with Crippen molar-refractivity contribution in [2.45, 2.75) is 11.8 Å². The van der Waals surface area contributed by atoms with Gasteiger partial charge in [0.1, 0.15) is 18.9 Å². The minimum absolute atomic E-state index is 0.0572. The maximum Gasteiger partial charge on any atom is 0.264 e. The molecule has 0 aliphatic rings. The Balaban J connectivity index is 1.77. The number of nitrogens with zero attached hydrogens (tertiary/aromatic N) is 2. The number of aryl methyl sites for hydroxylation is 1. The molecular formula is C25H24ClN3O4S. The number of ether oxygens (including phenoxy) is 1. The summed E-state index contributed by atoms with van der Waals surface area (Å²) in [5, 5.41) is 4.33. The van der Waals surface area contributed by atoms with Crippen molar-refractivity contribution in [1.29, 1.82) is 0 Å². The summed E-state index contributed by atoms with van der Waals surface area (Å²) in [4.78, 5) is 12.7. The second-order valence-electron chi connectivity index (χ2n) is 7.22. The van der Waals surface area contributed by atoms with Crippen molar-refractivity contribution in [1.82, 2.24) is 5.43 Å². The number of amides is 1. The predicted molar refractivity (Wildman–Crippen MR) is 135 cm³/mol. The smallest absolute Gasteiger partial charge is 0.264 e. The van der Waals surface area contributed by atoms with Crippen molar-refractivity contribution >= 4 is 39.4 Å². The third-order valence-corrected chi connectivity index (χ3v) is 6.91. The largest absolute Gasteiger partial charge is 0.490 e. The maximum absolute atomic E-state index is 13.3. The first kappa shape index (κ1) is 25.0. The quantitative estimate of drug-likeness (QED) is 0.253. The fourth-order valence-corrected chi connectivity index (χ4v) is 4.53. The molecule has 3 aromatic rings. The van der Waals surface area contributed by atoms with Gasteiger partial charge in [0.2, 0.25) is 0 Å². The molecule has 0 fully saturated rings. The zero-order chi connectivity index (χ0) is 24.6. The number of halogens is 1. The Morgan fingerprint density at radius 2 is 1.82 bits per heavy atom. The number of sulfonamides is 1. The number of anilines is 1. The van der Waals surface area contributed by atoms with Crippen molar-refractivity contribution in [3.05, 3.63) is 102 Å². The summed E-state index contributed by atoms with van der Waals surface area (Å²) in [7, 11) is -4.03. The number of benzene rings is 3. The number of nitrogens with one attached hydrogen (secondary N) is 1. The SMILES string of the molecule is C=CCOc1ccc(/C=N\NC(=O)CN(c2ccc(C)c(Cl)c2)S(=O)(=O)c2ccccc2)cc1. The molecule has 0 heterocycles. The van der Waals surface area contributed by atoms with E-state index >= 15 is 0 Å². The highest BCUT2D eigenvalue weighted by Crippen LogP contribution is 2.27. The summed E-state index contributed by atoms with van der Waals surface area (Å²) >= 11 is 6.22. The molecule has 34 heavy (non-hydrogen) atoms. The number of carbonyl (C=O) groups excluding carboxylic acids is 1. The topological polar surface area (TPSA) is 88.1 Å². The van der Waals surface area contributed by atoms with E-state index in [2.05, 4.69) is 17.1 Å². The molecule has 0 aliphatic carbocycles. The number of rotatable bonds is 10. The van der Waals surface area contributed by atoms with Gasteiger partial charge in [0.15, 0.2) is 0 Å². The van der Waals surface area contributed by atoms with E-state index in [-0.39, 0.29) is 10.6 Å². The second kappa shape index (κ2) is 11.5. The standard InChI is InChI=1S/C25H24ClN3O4S/c1-3-15-33-22-13-10-20(11-14-22)17-27-28-25(30)18-29(21-12-9-19(2)24(26)16-21)34(31,32)23-7-5-4-6-8-23/h3-14,16-17H,1,15,18H2,2H3,(H,28,30)/b27-17-. The van der Waals surface area contributed by atoms with Gasteiger partial charge in [0.05, 0.1) is 16.8 Å². The van der Waals surface area contributed by atoms with Gasteiger partial charge < -0.3 is 4.74 Å². The van der Waals surface area contributed by atoms with Gasteiger partial charge in [0, 0.05) is 5.02 Å². The van der Waals surface area contributed by atoms with Crippen LogP contribution in [-0.4, -0.2) is 33.7 Å². The Labute approximate surface area is 204 Å². The highest BCUT2D eigenvalue weighted by Gasteiger charge is 2.27. The average molecular weight is 498 g/mol. The third-order valence-electron chi connectivity index (χ3n) is 4.71. The van der Waals surface area contributed by atoms with Gasteiger partial charge in [-0.15, -0.1) is 0 Å². The molecule has 0 bridgehead atoms. The molecule has 176 valence electrons. The van der Waals surface area contributed by atoms with Crippen molar-refractivity contribution in [2.75, 3.05) is 17.5 Å². The summed E-state index contributed by atoms with van der Waals surface area (Å²) in [5.41, 5.74) is 4.17. The van der Waals surface area contributed by atoms with Crippen molar-refractivity contribution < 1.29 is 17.9 Å². The van der Waals surface area contributed by atoms with Crippen molar-refractivity contribution in [3.8, 4) is 5.75 Å². The monoisotopic (exact) mass is 497 g/mol. The van der Waals surface area contributed by atoms with E-state index in [1.54, 1.807) is 60.7 Å². The molecule has 0 aromatic heterocycles. The summed E-state index contributed by atoms with van der Waals surface area (Å²) in [6.07, 6.45) is 3.10. The Kier molecular flexibility index (Phi) is 8.45.